The third-order valence-electron chi connectivity index (χ3n) is 4.55. The van der Waals surface area contributed by atoms with E-state index in [1.165, 1.54) is 50.8 Å². The molecule has 2 aliphatic heterocycles. The van der Waals surface area contributed by atoms with Crippen molar-refractivity contribution in [2.75, 3.05) is 13.1 Å². The molecule has 0 bridgehead atoms. The molecule has 2 unspecified atom stereocenters. The number of phenols is 1. The molecule has 2 heterocycles. The second-order valence-corrected chi connectivity index (χ2v) is 5.90. The number of benzene rings is 1. The zero-order valence-corrected chi connectivity index (χ0v) is 11.5. The topological polar surface area (TPSA) is 35.5 Å². The van der Waals surface area contributed by atoms with Crippen LogP contribution in [0.1, 0.15) is 37.7 Å². The quantitative estimate of drug-likeness (QED) is 0.876. The van der Waals surface area contributed by atoms with Gasteiger partial charge in [0, 0.05) is 18.6 Å². The van der Waals surface area contributed by atoms with Gasteiger partial charge in [-0.3, -0.25) is 4.90 Å². The first-order valence-corrected chi connectivity index (χ1v) is 7.58. The summed E-state index contributed by atoms with van der Waals surface area (Å²) in [7, 11) is 0. The minimum atomic E-state index is 0.358. The van der Waals surface area contributed by atoms with Crippen molar-refractivity contribution >= 4 is 0 Å². The van der Waals surface area contributed by atoms with E-state index in [9.17, 15) is 5.11 Å². The highest BCUT2D eigenvalue weighted by atomic mass is 16.3. The fourth-order valence-electron chi connectivity index (χ4n) is 3.54. The van der Waals surface area contributed by atoms with Crippen LogP contribution in [0.3, 0.4) is 0 Å². The minimum absolute atomic E-state index is 0.358. The van der Waals surface area contributed by atoms with Crippen LogP contribution in [0.4, 0.5) is 0 Å². The average Bonchev–Trinajstić information content (AvgIpc) is 2.96. The lowest BCUT2D eigenvalue weighted by Gasteiger charge is -2.39. The molecule has 2 atom stereocenters. The summed E-state index contributed by atoms with van der Waals surface area (Å²) < 4.78 is 0. The predicted molar refractivity (Wildman–Crippen MR) is 77.2 cm³/mol. The van der Waals surface area contributed by atoms with E-state index >= 15 is 0 Å². The standard InChI is InChI=1S/C16H24N2O/c19-14-8-6-13(7-9-14)12-18-11-2-1-5-16(18)15-4-3-10-17-15/h6-9,15-17,19H,1-5,10-12H2. The van der Waals surface area contributed by atoms with Gasteiger partial charge in [0.25, 0.3) is 0 Å². The Balaban J connectivity index is 1.67. The fourth-order valence-corrected chi connectivity index (χ4v) is 3.54. The fraction of sp³-hybridized carbons (Fsp3) is 0.625. The van der Waals surface area contributed by atoms with E-state index in [4.69, 9.17) is 0 Å². The Morgan fingerprint density at radius 2 is 1.95 bits per heavy atom. The van der Waals surface area contributed by atoms with E-state index in [0.29, 0.717) is 17.8 Å². The highest BCUT2D eigenvalue weighted by Crippen LogP contribution is 2.26. The first kappa shape index (κ1) is 12.9. The van der Waals surface area contributed by atoms with Crippen molar-refractivity contribution in [2.45, 2.75) is 50.7 Å². The van der Waals surface area contributed by atoms with E-state index < -0.39 is 0 Å². The van der Waals surface area contributed by atoms with Crippen LogP contribution in [0.15, 0.2) is 24.3 Å². The Kier molecular flexibility index (Phi) is 4.04. The van der Waals surface area contributed by atoms with E-state index in [1.54, 1.807) is 12.1 Å². The summed E-state index contributed by atoms with van der Waals surface area (Å²) in [6.45, 7) is 3.42. The number of aromatic hydroxyl groups is 1. The van der Waals surface area contributed by atoms with Crippen LogP contribution in [0.2, 0.25) is 0 Å². The highest BCUT2D eigenvalue weighted by Gasteiger charge is 2.31. The van der Waals surface area contributed by atoms with E-state index in [1.807, 2.05) is 12.1 Å². The summed E-state index contributed by atoms with van der Waals surface area (Å²) in [5, 5.41) is 13.0. The van der Waals surface area contributed by atoms with Crippen LogP contribution in [-0.2, 0) is 6.54 Å². The molecule has 3 nitrogen and oxygen atoms in total. The molecule has 1 aromatic rings. The van der Waals surface area contributed by atoms with Gasteiger partial charge in [-0.25, -0.2) is 0 Å². The van der Waals surface area contributed by atoms with Gasteiger partial charge in [-0.15, -0.1) is 0 Å². The third-order valence-corrected chi connectivity index (χ3v) is 4.55. The average molecular weight is 260 g/mol. The molecule has 1 aromatic carbocycles. The van der Waals surface area contributed by atoms with E-state index in [-0.39, 0.29) is 0 Å². The first-order valence-electron chi connectivity index (χ1n) is 7.58. The lowest BCUT2D eigenvalue weighted by molar-refractivity contribution is 0.112. The smallest absolute Gasteiger partial charge is 0.115 e. The lowest BCUT2D eigenvalue weighted by atomic mass is 9.94. The van der Waals surface area contributed by atoms with Gasteiger partial charge in [-0.2, -0.15) is 0 Å². The molecular weight excluding hydrogens is 236 g/mol. The first-order chi connectivity index (χ1) is 9.33. The lowest BCUT2D eigenvalue weighted by Crippen LogP contribution is -2.49. The summed E-state index contributed by atoms with van der Waals surface area (Å²) >= 11 is 0. The maximum absolute atomic E-state index is 9.36. The number of piperidine rings is 1. The van der Waals surface area contributed by atoms with Gasteiger partial charge in [0.2, 0.25) is 0 Å². The Bertz CT molecular complexity index is 398. The van der Waals surface area contributed by atoms with Crippen molar-refractivity contribution < 1.29 is 5.11 Å². The summed E-state index contributed by atoms with van der Waals surface area (Å²) in [4.78, 5) is 2.64. The van der Waals surface area contributed by atoms with E-state index in [2.05, 4.69) is 10.2 Å². The number of rotatable bonds is 3. The summed E-state index contributed by atoms with van der Waals surface area (Å²) in [6.07, 6.45) is 6.68. The maximum Gasteiger partial charge on any atom is 0.115 e. The van der Waals surface area contributed by atoms with Crippen LogP contribution < -0.4 is 5.32 Å². The van der Waals surface area contributed by atoms with Crippen LogP contribution in [-0.4, -0.2) is 35.2 Å². The second kappa shape index (κ2) is 5.93. The maximum atomic E-state index is 9.36. The molecule has 2 saturated heterocycles. The number of nitrogens with one attached hydrogen (secondary N) is 1. The van der Waals surface area contributed by atoms with E-state index in [0.717, 1.165) is 6.54 Å². The van der Waals surface area contributed by atoms with Crippen LogP contribution in [0.25, 0.3) is 0 Å². The second-order valence-electron chi connectivity index (χ2n) is 5.90. The molecule has 3 rings (SSSR count). The van der Waals surface area contributed by atoms with Gasteiger partial charge in [0.15, 0.2) is 0 Å². The van der Waals surface area contributed by atoms with Gasteiger partial charge in [0.1, 0.15) is 5.75 Å². The molecule has 0 aliphatic carbocycles. The molecule has 0 aromatic heterocycles. The van der Waals surface area contributed by atoms with Gasteiger partial charge >= 0.3 is 0 Å². The molecule has 0 saturated carbocycles. The zero-order chi connectivity index (χ0) is 13.1. The number of hydrogen-bond acceptors (Lipinski definition) is 3. The molecule has 19 heavy (non-hydrogen) atoms. The molecule has 3 heteroatoms. The summed E-state index contributed by atoms with van der Waals surface area (Å²) in [5.41, 5.74) is 1.31. The van der Waals surface area contributed by atoms with Gasteiger partial charge in [0.05, 0.1) is 0 Å². The largest absolute Gasteiger partial charge is 0.508 e. The number of hydrogen-bond donors (Lipinski definition) is 2. The van der Waals surface area contributed by atoms with Gasteiger partial charge < -0.3 is 10.4 Å². The van der Waals surface area contributed by atoms with Gasteiger partial charge in [-0.05, 0) is 56.5 Å². The molecule has 2 N–H and O–H groups in total. The van der Waals surface area contributed by atoms with Crippen LogP contribution in [0, 0.1) is 0 Å². The summed E-state index contributed by atoms with van der Waals surface area (Å²) in [6, 6.07) is 9.07. The number of nitrogens with zero attached hydrogens (tertiary/aromatic N) is 1. The minimum Gasteiger partial charge on any atom is -0.508 e. The summed E-state index contributed by atoms with van der Waals surface area (Å²) in [5.74, 6) is 0.358. The molecule has 104 valence electrons. The van der Waals surface area contributed by atoms with Crippen LogP contribution >= 0.6 is 0 Å². The highest BCUT2D eigenvalue weighted by molar-refractivity contribution is 5.25. The van der Waals surface area contributed by atoms with Crippen molar-refractivity contribution in [2.24, 2.45) is 0 Å². The van der Waals surface area contributed by atoms with Crippen molar-refractivity contribution in [1.82, 2.24) is 10.2 Å². The van der Waals surface area contributed by atoms with Crippen molar-refractivity contribution in [1.29, 1.82) is 0 Å². The Labute approximate surface area is 115 Å². The molecule has 0 amide bonds. The Hall–Kier alpha value is -1.06. The Morgan fingerprint density at radius 3 is 2.68 bits per heavy atom. The monoisotopic (exact) mass is 260 g/mol. The number of phenolic OH excluding ortho intramolecular Hbond substituents is 1. The zero-order valence-electron chi connectivity index (χ0n) is 11.5. The molecular formula is C16H24N2O. The van der Waals surface area contributed by atoms with Crippen molar-refractivity contribution in [3.8, 4) is 5.75 Å². The van der Waals surface area contributed by atoms with Crippen molar-refractivity contribution in [3.63, 3.8) is 0 Å². The predicted octanol–water partition coefficient (Wildman–Crippen LogP) is 2.50. The molecule has 2 fully saturated rings. The number of likely N-dealkylation sites (tertiary alicyclic amines) is 1. The molecule has 0 spiro atoms. The SMILES string of the molecule is Oc1ccc(CN2CCCCC2C2CCCN2)cc1. The van der Waals surface area contributed by atoms with Crippen LogP contribution in [0.5, 0.6) is 5.75 Å². The third kappa shape index (κ3) is 3.10. The van der Waals surface area contributed by atoms with Gasteiger partial charge in [-0.1, -0.05) is 18.6 Å². The molecule has 0 radical (unpaired) electrons. The Morgan fingerprint density at radius 1 is 1.11 bits per heavy atom. The normalized spacial score (nSPS) is 28.6. The molecule has 2 aliphatic rings. The van der Waals surface area contributed by atoms with Crippen molar-refractivity contribution in [3.05, 3.63) is 29.8 Å².